The number of anilines is 1. The topological polar surface area (TPSA) is 62.8 Å². The molecule has 2 heterocycles. The summed E-state index contributed by atoms with van der Waals surface area (Å²) in [6.45, 7) is 5.51. The Morgan fingerprint density at radius 2 is 2.30 bits per heavy atom. The highest BCUT2D eigenvalue weighted by molar-refractivity contribution is 5.92. The van der Waals surface area contributed by atoms with Gasteiger partial charge in [-0.2, -0.15) is 0 Å². The molecule has 1 amide bonds. The fraction of sp³-hybridized carbons (Fsp3) is 0.500. The van der Waals surface area contributed by atoms with E-state index in [1.165, 1.54) is 0 Å². The standard InChI is InChI=1S/C14H19N3O3/c1-10-7-17(5-4-15-10)8-14(18)16-11-2-3-12-13(6-11)20-9-19-12/h2-3,6,10,15H,4-5,7-9H2,1H3,(H,16,18). The first-order chi connectivity index (χ1) is 9.70. The minimum absolute atomic E-state index is 0.00188. The number of hydrogen-bond donors (Lipinski definition) is 2. The van der Waals surface area contributed by atoms with Crippen molar-refractivity contribution < 1.29 is 14.3 Å². The Morgan fingerprint density at radius 3 is 3.15 bits per heavy atom. The van der Waals surface area contributed by atoms with Crippen molar-refractivity contribution in [2.75, 3.05) is 38.3 Å². The summed E-state index contributed by atoms with van der Waals surface area (Å²) in [7, 11) is 0. The van der Waals surface area contributed by atoms with Crippen LogP contribution in [0.1, 0.15) is 6.92 Å². The second kappa shape index (κ2) is 5.68. The van der Waals surface area contributed by atoms with Gasteiger partial charge in [-0.15, -0.1) is 0 Å². The summed E-state index contributed by atoms with van der Waals surface area (Å²) in [5, 5.41) is 6.26. The number of carbonyl (C=O) groups excluding carboxylic acids is 1. The zero-order valence-corrected chi connectivity index (χ0v) is 11.5. The molecule has 20 heavy (non-hydrogen) atoms. The number of piperazine rings is 1. The molecule has 0 spiro atoms. The molecule has 3 rings (SSSR count). The van der Waals surface area contributed by atoms with Gasteiger partial charge in [0.15, 0.2) is 11.5 Å². The normalized spacial score (nSPS) is 21.8. The summed E-state index contributed by atoms with van der Waals surface area (Å²) in [4.78, 5) is 14.2. The molecule has 1 unspecified atom stereocenters. The molecule has 2 aliphatic rings. The second-order valence-electron chi connectivity index (χ2n) is 5.21. The Hall–Kier alpha value is -1.79. The van der Waals surface area contributed by atoms with E-state index in [2.05, 4.69) is 22.5 Å². The van der Waals surface area contributed by atoms with Crippen molar-refractivity contribution in [1.82, 2.24) is 10.2 Å². The van der Waals surface area contributed by atoms with Gasteiger partial charge in [-0.1, -0.05) is 0 Å². The predicted octanol–water partition coefficient (Wildman–Crippen LogP) is 0.647. The van der Waals surface area contributed by atoms with Crippen molar-refractivity contribution >= 4 is 11.6 Å². The van der Waals surface area contributed by atoms with Gasteiger partial charge in [-0.3, -0.25) is 9.69 Å². The van der Waals surface area contributed by atoms with Gasteiger partial charge in [0.25, 0.3) is 0 Å². The fourth-order valence-electron chi connectivity index (χ4n) is 2.53. The molecular formula is C14H19N3O3. The third-order valence-electron chi connectivity index (χ3n) is 3.48. The zero-order chi connectivity index (χ0) is 13.9. The summed E-state index contributed by atoms with van der Waals surface area (Å²) in [6.07, 6.45) is 0. The molecule has 1 saturated heterocycles. The van der Waals surface area contributed by atoms with Crippen LogP contribution >= 0.6 is 0 Å². The van der Waals surface area contributed by atoms with Crippen molar-refractivity contribution in [2.24, 2.45) is 0 Å². The first-order valence-corrected chi connectivity index (χ1v) is 6.86. The number of nitrogens with one attached hydrogen (secondary N) is 2. The molecule has 108 valence electrons. The van der Waals surface area contributed by atoms with E-state index in [4.69, 9.17) is 9.47 Å². The molecule has 1 atom stereocenters. The van der Waals surface area contributed by atoms with E-state index in [1.807, 2.05) is 12.1 Å². The molecule has 1 aromatic rings. The van der Waals surface area contributed by atoms with E-state index < -0.39 is 0 Å². The van der Waals surface area contributed by atoms with Crippen LogP contribution in [0.2, 0.25) is 0 Å². The van der Waals surface area contributed by atoms with Crippen LogP contribution in [-0.4, -0.2) is 49.8 Å². The summed E-state index contributed by atoms with van der Waals surface area (Å²) in [5.74, 6) is 1.40. The number of amides is 1. The first kappa shape index (κ1) is 13.2. The van der Waals surface area contributed by atoms with Gasteiger partial charge in [-0.05, 0) is 19.1 Å². The lowest BCUT2D eigenvalue weighted by atomic mass is 10.2. The Bertz CT molecular complexity index is 506. The number of hydrogen-bond acceptors (Lipinski definition) is 5. The van der Waals surface area contributed by atoms with Crippen LogP contribution in [0, 0.1) is 0 Å². The van der Waals surface area contributed by atoms with Crippen LogP contribution in [0.15, 0.2) is 18.2 Å². The Morgan fingerprint density at radius 1 is 1.45 bits per heavy atom. The lowest BCUT2D eigenvalue weighted by molar-refractivity contribution is -0.117. The van der Waals surface area contributed by atoms with E-state index in [0.717, 1.165) is 31.1 Å². The molecule has 0 radical (unpaired) electrons. The van der Waals surface area contributed by atoms with Crippen molar-refractivity contribution in [3.63, 3.8) is 0 Å². The molecule has 6 nitrogen and oxygen atoms in total. The molecule has 0 bridgehead atoms. The lowest BCUT2D eigenvalue weighted by Crippen LogP contribution is -2.51. The van der Waals surface area contributed by atoms with E-state index in [1.54, 1.807) is 6.07 Å². The number of benzene rings is 1. The van der Waals surface area contributed by atoms with Crippen LogP contribution < -0.4 is 20.1 Å². The van der Waals surface area contributed by atoms with E-state index >= 15 is 0 Å². The van der Waals surface area contributed by atoms with Gasteiger partial charge in [0.05, 0.1) is 6.54 Å². The quantitative estimate of drug-likeness (QED) is 0.849. The third-order valence-corrected chi connectivity index (χ3v) is 3.48. The summed E-state index contributed by atoms with van der Waals surface area (Å²) >= 11 is 0. The highest BCUT2D eigenvalue weighted by Crippen LogP contribution is 2.34. The van der Waals surface area contributed by atoms with Crippen molar-refractivity contribution in [3.8, 4) is 11.5 Å². The Labute approximate surface area is 118 Å². The zero-order valence-electron chi connectivity index (χ0n) is 11.5. The SMILES string of the molecule is CC1CN(CC(=O)Nc2ccc3c(c2)OCO3)CCN1. The van der Waals surface area contributed by atoms with Gasteiger partial charge in [0.1, 0.15) is 0 Å². The molecule has 0 aliphatic carbocycles. The fourth-order valence-corrected chi connectivity index (χ4v) is 2.53. The average Bonchev–Trinajstić information content (AvgIpc) is 2.86. The average molecular weight is 277 g/mol. The van der Waals surface area contributed by atoms with Gasteiger partial charge in [-0.25, -0.2) is 0 Å². The number of nitrogens with zero attached hydrogens (tertiary/aromatic N) is 1. The Balaban J connectivity index is 1.56. The van der Waals surface area contributed by atoms with E-state index in [-0.39, 0.29) is 12.7 Å². The number of carbonyl (C=O) groups is 1. The highest BCUT2D eigenvalue weighted by Gasteiger charge is 2.19. The van der Waals surface area contributed by atoms with Gasteiger partial charge in [0, 0.05) is 37.4 Å². The molecule has 1 fully saturated rings. The molecule has 2 aliphatic heterocycles. The maximum Gasteiger partial charge on any atom is 0.238 e. The molecule has 0 saturated carbocycles. The van der Waals surface area contributed by atoms with Crippen molar-refractivity contribution in [3.05, 3.63) is 18.2 Å². The molecule has 0 aromatic heterocycles. The second-order valence-corrected chi connectivity index (χ2v) is 5.21. The van der Waals surface area contributed by atoms with E-state index in [0.29, 0.717) is 18.3 Å². The summed E-state index contributed by atoms with van der Waals surface area (Å²) in [5.41, 5.74) is 0.738. The van der Waals surface area contributed by atoms with Gasteiger partial charge in [0.2, 0.25) is 12.7 Å². The molecule has 2 N–H and O–H groups in total. The summed E-state index contributed by atoms with van der Waals surface area (Å²) < 4.78 is 10.5. The van der Waals surface area contributed by atoms with Crippen LogP contribution in [-0.2, 0) is 4.79 Å². The van der Waals surface area contributed by atoms with Crippen LogP contribution in [0.4, 0.5) is 5.69 Å². The minimum atomic E-state index is -0.00188. The van der Waals surface area contributed by atoms with Gasteiger partial charge < -0.3 is 20.1 Å². The Kier molecular flexibility index (Phi) is 3.75. The summed E-state index contributed by atoms with van der Waals surface area (Å²) in [6, 6.07) is 5.86. The predicted molar refractivity (Wildman–Crippen MR) is 75.1 cm³/mol. The monoisotopic (exact) mass is 277 g/mol. The lowest BCUT2D eigenvalue weighted by Gasteiger charge is -2.31. The molecule has 6 heteroatoms. The smallest absolute Gasteiger partial charge is 0.238 e. The first-order valence-electron chi connectivity index (χ1n) is 6.86. The van der Waals surface area contributed by atoms with E-state index in [9.17, 15) is 4.79 Å². The van der Waals surface area contributed by atoms with Gasteiger partial charge >= 0.3 is 0 Å². The number of fused-ring (bicyclic) bond motifs is 1. The maximum absolute atomic E-state index is 12.0. The number of ether oxygens (including phenoxy) is 2. The molecule has 1 aromatic carbocycles. The third kappa shape index (κ3) is 3.02. The maximum atomic E-state index is 12.0. The highest BCUT2D eigenvalue weighted by atomic mass is 16.7. The number of rotatable bonds is 3. The van der Waals surface area contributed by atoms with Crippen LogP contribution in [0.25, 0.3) is 0 Å². The minimum Gasteiger partial charge on any atom is -0.454 e. The van der Waals surface area contributed by atoms with Crippen LogP contribution in [0.5, 0.6) is 11.5 Å². The molecular weight excluding hydrogens is 258 g/mol. The van der Waals surface area contributed by atoms with Crippen molar-refractivity contribution in [1.29, 1.82) is 0 Å². The largest absolute Gasteiger partial charge is 0.454 e. The van der Waals surface area contributed by atoms with Crippen LogP contribution in [0.3, 0.4) is 0 Å². The van der Waals surface area contributed by atoms with Crippen molar-refractivity contribution in [2.45, 2.75) is 13.0 Å².